The molecule has 1 aromatic heterocycles. The van der Waals surface area contributed by atoms with Crippen molar-refractivity contribution in [1.82, 2.24) is 9.88 Å². The number of hydrogen-bond donors (Lipinski definition) is 0. The van der Waals surface area contributed by atoms with Crippen LogP contribution >= 0.6 is 0 Å². The SMILES string of the molecule is [CH2-]N(CC[N-]C(=O)OC(C)(C)C)CC(Oc1cnc(C(=O)OC)c(C)c1)c1ccc(C2CC2)c(F)c1.[CH3-].[Lr]. The summed E-state index contributed by atoms with van der Waals surface area (Å²) in [6.07, 6.45) is 2.22. The Bertz CT molecular complexity index is 1090. The van der Waals surface area contributed by atoms with E-state index in [1.807, 2.05) is 12.1 Å². The Labute approximate surface area is 219 Å². The van der Waals surface area contributed by atoms with Crippen LogP contribution in [-0.4, -0.2) is 54.3 Å². The molecule has 1 atom stereocenters. The predicted octanol–water partition coefficient (Wildman–Crippen LogP) is 6.17. The van der Waals surface area contributed by atoms with Gasteiger partial charge in [0.15, 0.2) is 5.69 Å². The Kier molecular flexibility index (Phi) is 11.2. The third-order valence-corrected chi connectivity index (χ3v) is 5.60. The van der Waals surface area contributed by atoms with Crippen molar-refractivity contribution >= 4 is 12.1 Å². The van der Waals surface area contributed by atoms with Crippen LogP contribution < -0.4 is 4.74 Å². The number of rotatable bonds is 10. The van der Waals surface area contributed by atoms with Crippen molar-refractivity contribution in [2.24, 2.45) is 0 Å². The number of methoxy groups -OCH3 is 1. The van der Waals surface area contributed by atoms with Crippen molar-refractivity contribution in [3.05, 3.63) is 78.5 Å². The van der Waals surface area contributed by atoms with Gasteiger partial charge >= 0.3 is 5.97 Å². The molecule has 0 N–H and O–H groups in total. The maximum Gasteiger partial charge on any atom is 0.356 e. The molecule has 8 nitrogen and oxygen atoms in total. The van der Waals surface area contributed by atoms with Crippen LogP contribution in [0.4, 0.5) is 9.18 Å². The molecule has 0 spiro atoms. The average molecular weight is 777 g/mol. The van der Waals surface area contributed by atoms with Crippen LogP contribution in [0.3, 0.4) is 0 Å². The minimum Gasteiger partial charge on any atom is -0.616 e. The van der Waals surface area contributed by atoms with Crippen molar-refractivity contribution in [1.29, 1.82) is 0 Å². The molecule has 1 amide bonds. The average Bonchev–Trinajstić information content (AvgIpc) is 3.62. The van der Waals surface area contributed by atoms with Crippen LogP contribution in [0.25, 0.3) is 5.32 Å². The Morgan fingerprint density at radius 1 is 1.26 bits per heavy atom. The summed E-state index contributed by atoms with van der Waals surface area (Å²) in [7, 11) is 5.32. The van der Waals surface area contributed by atoms with Crippen LogP contribution in [0.15, 0.2) is 30.5 Å². The first-order valence-corrected chi connectivity index (χ1v) is 11.9. The molecule has 2 aromatic rings. The van der Waals surface area contributed by atoms with Gasteiger partial charge in [-0.2, -0.15) is 0 Å². The smallest absolute Gasteiger partial charge is 0.356 e. The number of benzene rings is 1. The molecule has 1 aromatic carbocycles. The van der Waals surface area contributed by atoms with Gasteiger partial charge in [0.2, 0.25) is 6.09 Å². The number of halogens is 1. The fourth-order valence-electron chi connectivity index (χ4n) is 3.67. The second-order valence-electron chi connectivity index (χ2n) is 9.93. The van der Waals surface area contributed by atoms with E-state index in [0.29, 0.717) is 30.0 Å². The van der Waals surface area contributed by atoms with Crippen LogP contribution in [0.5, 0.6) is 5.75 Å². The second-order valence-corrected chi connectivity index (χ2v) is 9.93. The molecule has 1 radical (unpaired) electrons. The third kappa shape index (κ3) is 9.03. The van der Waals surface area contributed by atoms with Crippen molar-refractivity contribution in [3.63, 3.8) is 0 Å². The Morgan fingerprint density at radius 3 is 2.50 bits per heavy atom. The van der Waals surface area contributed by atoms with Gasteiger partial charge in [-0.15, -0.1) is 6.54 Å². The monoisotopic (exact) mass is 776 g/mol. The number of aryl methyl sites for hydroxylation is 1. The summed E-state index contributed by atoms with van der Waals surface area (Å²) in [4.78, 5) is 29.6. The van der Waals surface area contributed by atoms with E-state index in [4.69, 9.17) is 14.2 Å². The Hall–Kier alpha value is -4.20. The molecule has 10 heteroatoms. The Morgan fingerprint density at radius 2 is 1.95 bits per heavy atom. The molecule has 1 heterocycles. The van der Waals surface area contributed by atoms with Gasteiger partial charge in [-0.1, -0.05) is 12.1 Å². The maximum absolute atomic E-state index is 14.8. The molecule has 1 fully saturated rings. The molecular formula is C28H37FLrN3O5-3. The van der Waals surface area contributed by atoms with Gasteiger partial charge in [-0.05, 0) is 81.8 Å². The molecule has 0 aliphatic heterocycles. The van der Waals surface area contributed by atoms with Crippen molar-refractivity contribution < 1.29 is 28.2 Å². The van der Waals surface area contributed by atoms with Gasteiger partial charge in [0.05, 0.1) is 13.3 Å². The molecule has 219 valence electrons. The van der Waals surface area contributed by atoms with Gasteiger partial charge in [-0.25, -0.2) is 14.2 Å². The first-order valence-electron chi connectivity index (χ1n) is 11.9. The number of ether oxygens (including phenoxy) is 3. The molecule has 3 rings (SSSR count). The van der Waals surface area contributed by atoms with Crippen molar-refractivity contribution in [3.8, 4) is 5.75 Å². The number of nitrogens with zero attached hydrogens (tertiary/aromatic N) is 3. The maximum atomic E-state index is 14.8. The second kappa shape index (κ2) is 13.4. The number of amides is 1. The summed E-state index contributed by atoms with van der Waals surface area (Å²) in [5.74, 6) is -0.0842. The molecule has 1 aliphatic carbocycles. The zero-order chi connectivity index (χ0) is 26.5. The first kappa shape index (κ1) is 31.8. The molecule has 0 bridgehead atoms. The number of aromatic nitrogens is 1. The topological polar surface area (TPSA) is 92.1 Å². The minimum atomic E-state index is -0.631. The van der Waals surface area contributed by atoms with Gasteiger partial charge in [0.1, 0.15) is 23.3 Å². The molecular weight excluding hydrogens is 739 g/mol. The van der Waals surface area contributed by atoms with Crippen molar-refractivity contribution in [2.45, 2.75) is 58.2 Å². The summed E-state index contributed by atoms with van der Waals surface area (Å²) in [5, 5.41) is 3.91. The molecule has 1 aliphatic rings. The zero-order valence-corrected chi connectivity index (χ0v) is 25.0. The quantitative estimate of drug-likeness (QED) is 0.211. The molecule has 0 saturated heterocycles. The number of carbonyl (C=O) groups excluding carboxylic acids is 2. The van der Waals surface area contributed by atoms with Gasteiger partial charge in [0.25, 0.3) is 0 Å². The van der Waals surface area contributed by atoms with E-state index in [0.717, 1.165) is 18.4 Å². The first-order chi connectivity index (χ1) is 17.0. The van der Waals surface area contributed by atoms with Crippen molar-refractivity contribution in [2.75, 3.05) is 26.7 Å². The fraction of sp³-hybridized carbons (Fsp3) is 0.464. The summed E-state index contributed by atoms with van der Waals surface area (Å²) < 4.78 is 31.0. The summed E-state index contributed by atoms with van der Waals surface area (Å²) in [6.45, 7) is 7.91. The third-order valence-electron chi connectivity index (χ3n) is 5.60. The van der Waals surface area contributed by atoms with Gasteiger partial charge in [0, 0.05) is 6.54 Å². The van der Waals surface area contributed by atoms with Crippen LogP contribution in [0, 0.1) is 27.2 Å². The summed E-state index contributed by atoms with van der Waals surface area (Å²) in [5.41, 5.74) is 1.54. The van der Waals surface area contributed by atoms with E-state index in [-0.39, 0.29) is 31.4 Å². The van der Waals surface area contributed by atoms with E-state index >= 15 is 0 Å². The van der Waals surface area contributed by atoms with E-state index < -0.39 is 23.8 Å². The zero-order valence-electron chi connectivity index (χ0n) is 22.8. The van der Waals surface area contributed by atoms with E-state index in [9.17, 15) is 14.0 Å². The number of pyridine rings is 1. The number of carbonyl (C=O) groups is 2. The minimum absolute atomic E-state index is 0. The van der Waals surface area contributed by atoms with Gasteiger partial charge in [-0.3, -0.25) is 11.8 Å². The van der Waals surface area contributed by atoms with E-state index in [2.05, 4.69) is 17.3 Å². The molecule has 1 unspecified atom stereocenters. The summed E-state index contributed by atoms with van der Waals surface area (Å²) >= 11 is 0. The summed E-state index contributed by atoms with van der Waals surface area (Å²) in [6, 6.07) is 6.87. The van der Waals surface area contributed by atoms with Gasteiger partial charge < -0.3 is 31.9 Å². The van der Waals surface area contributed by atoms with Crippen LogP contribution in [0.2, 0.25) is 0 Å². The standard InChI is InChI=1S/C27H35FN3O5.CH3.Lr/c1-17-13-20(15-30-24(17)25(32)34-6)35-23(19-9-10-21(18-7-8-18)22(28)14-19)16-31(5)12-11-29-26(33)36-27(2,3)4;;/h9-10,13-15,18,23H,5,7-8,11-12,16H2,1-4,6H3,(H,29,33);1H3;/q2*-1;/p-1. The fourth-order valence-corrected chi connectivity index (χ4v) is 3.67. The van der Waals surface area contributed by atoms with E-state index in [1.54, 1.807) is 38.7 Å². The number of hydrogen-bond acceptors (Lipinski definition) is 7. The van der Waals surface area contributed by atoms with E-state index in [1.165, 1.54) is 19.4 Å². The van der Waals surface area contributed by atoms with Crippen LogP contribution in [0.1, 0.15) is 72.8 Å². The normalized spacial score (nSPS) is 13.6. The largest absolute Gasteiger partial charge is 0.616 e. The molecule has 38 heavy (non-hydrogen) atoms. The molecule has 1 saturated carbocycles. The Balaban J connectivity index is 0.00000361. The van der Waals surface area contributed by atoms with Crippen LogP contribution in [-0.2, 0) is 9.47 Å². The predicted molar refractivity (Wildman–Crippen MR) is 140 cm³/mol. The number of esters is 1.